The Morgan fingerprint density at radius 2 is 1.90 bits per heavy atom. The number of carbonyl (C=O) groups excluding carboxylic acids is 1. The van der Waals surface area contributed by atoms with Crippen molar-refractivity contribution >= 4 is 17.7 Å². The number of aliphatic carboxylic acids is 1. The van der Waals surface area contributed by atoms with E-state index in [0.717, 1.165) is 25.0 Å². The SMILES string of the molecule is CC[C@H](C)/C(C)=N/NC(=O)NCC1CCC(C(=O)O)CC1. The highest BCUT2D eigenvalue weighted by atomic mass is 16.4. The quantitative estimate of drug-likeness (QED) is 0.520. The minimum Gasteiger partial charge on any atom is -0.481 e. The van der Waals surface area contributed by atoms with E-state index in [1.165, 1.54) is 0 Å². The highest BCUT2D eigenvalue weighted by Crippen LogP contribution is 2.28. The Morgan fingerprint density at radius 1 is 1.29 bits per heavy atom. The largest absolute Gasteiger partial charge is 0.481 e. The van der Waals surface area contributed by atoms with Crippen molar-refractivity contribution in [3.8, 4) is 0 Å². The summed E-state index contributed by atoms with van der Waals surface area (Å²) in [5.41, 5.74) is 3.42. The number of hydrazone groups is 1. The van der Waals surface area contributed by atoms with Crippen LogP contribution in [0.5, 0.6) is 0 Å². The van der Waals surface area contributed by atoms with Gasteiger partial charge in [-0.1, -0.05) is 13.8 Å². The molecule has 1 rings (SSSR count). The van der Waals surface area contributed by atoms with Crippen molar-refractivity contribution in [1.29, 1.82) is 0 Å². The van der Waals surface area contributed by atoms with Gasteiger partial charge >= 0.3 is 12.0 Å². The van der Waals surface area contributed by atoms with E-state index >= 15 is 0 Å². The molecule has 3 N–H and O–H groups in total. The molecule has 6 nitrogen and oxygen atoms in total. The van der Waals surface area contributed by atoms with Crippen LogP contribution in [0.4, 0.5) is 4.79 Å². The first kappa shape index (κ1) is 17.5. The number of carboxylic acids is 1. The maximum Gasteiger partial charge on any atom is 0.335 e. The first-order valence-electron chi connectivity index (χ1n) is 7.74. The second-order valence-corrected chi connectivity index (χ2v) is 5.94. The molecule has 2 amide bonds. The molecule has 0 spiro atoms. The fourth-order valence-corrected chi connectivity index (χ4v) is 2.43. The molecule has 0 aliphatic heterocycles. The standard InChI is InChI=1S/C15H27N3O3/c1-4-10(2)11(3)17-18-15(21)16-9-12-5-7-13(8-6-12)14(19)20/h10,12-13H,4-9H2,1-3H3,(H,19,20)(H2,16,18,21)/b17-11+/t10-,12?,13?/m0/s1. The van der Waals surface area contributed by atoms with Crippen LogP contribution in [-0.2, 0) is 4.79 Å². The summed E-state index contributed by atoms with van der Waals surface area (Å²) >= 11 is 0. The van der Waals surface area contributed by atoms with Gasteiger partial charge in [0.25, 0.3) is 0 Å². The molecule has 1 saturated carbocycles. The van der Waals surface area contributed by atoms with Gasteiger partial charge in [0, 0.05) is 12.3 Å². The van der Waals surface area contributed by atoms with Gasteiger partial charge in [0.1, 0.15) is 0 Å². The average molecular weight is 297 g/mol. The lowest BCUT2D eigenvalue weighted by Crippen LogP contribution is -2.37. The Morgan fingerprint density at radius 3 is 2.43 bits per heavy atom. The van der Waals surface area contributed by atoms with E-state index in [1.54, 1.807) is 0 Å². The van der Waals surface area contributed by atoms with Gasteiger partial charge in [-0.15, -0.1) is 0 Å². The molecule has 1 aliphatic rings. The summed E-state index contributed by atoms with van der Waals surface area (Å²) in [5, 5.41) is 15.8. The predicted molar refractivity (Wildman–Crippen MR) is 82.2 cm³/mol. The van der Waals surface area contributed by atoms with Crippen LogP contribution in [0.1, 0.15) is 52.9 Å². The fourth-order valence-electron chi connectivity index (χ4n) is 2.43. The molecule has 21 heavy (non-hydrogen) atoms. The fraction of sp³-hybridized carbons (Fsp3) is 0.800. The molecule has 6 heteroatoms. The van der Waals surface area contributed by atoms with Crippen molar-refractivity contribution in [3.05, 3.63) is 0 Å². The molecule has 0 bridgehead atoms. The lowest BCUT2D eigenvalue weighted by atomic mass is 9.82. The number of hydrogen-bond acceptors (Lipinski definition) is 3. The van der Waals surface area contributed by atoms with Crippen LogP contribution >= 0.6 is 0 Å². The third kappa shape index (κ3) is 6.14. The van der Waals surface area contributed by atoms with E-state index in [9.17, 15) is 9.59 Å². The molecule has 0 aromatic rings. The van der Waals surface area contributed by atoms with Gasteiger partial charge in [-0.3, -0.25) is 4.79 Å². The summed E-state index contributed by atoms with van der Waals surface area (Å²) in [6, 6.07) is -0.294. The average Bonchev–Trinajstić information content (AvgIpc) is 2.49. The normalized spacial score (nSPS) is 24.2. The molecule has 1 atom stereocenters. The molecule has 120 valence electrons. The zero-order valence-corrected chi connectivity index (χ0v) is 13.2. The molecular formula is C15H27N3O3. The summed E-state index contributed by atoms with van der Waals surface area (Å²) in [6.07, 6.45) is 4.10. The van der Waals surface area contributed by atoms with Crippen molar-refractivity contribution in [3.63, 3.8) is 0 Å². The lowest BCUT2D eigenvalue weighted by Gasteiger charge is -2.26. The van der Waals surface area contributed by atoms with Crippen molar-refractivity contribution in [1.82, 2.24) is 10.7 Å². The van der Waals surface area contributed by atoms with Crippen LogP contribution in [0.3, 0.4) is 0 Å². The molecule has 0 heterocycles. The molecule has 0 unspecified atom stereocenters. The van der Waals surface area contributed by atoms with Crippen molar-refractivity contribution < 1.29 is 14.7 Å². The smallest absolute Gasteiger partial charge is 0.335 e. The highest BCUT2D eigenvalue weighted by molar-refractivity contribution is 5.85. The summed E-state index contributed by atoms with van der Waals surface area (Å²) < 4.78 is 0. The molecule has 0 aromatic heterocycles. The monoisotopic (exact) mass is 297 g/mol. The number of hydrogen-bond donors (Lipinski definition) is 3. The molecule has 0 saturated heterocycles. The Labute approximate surface area is 126 Å². The number of urea groups is 1. The topological polar surface area (TPSA) is 90.8 Å². The van der Waals surface area contributed by atoms with Gasteiger partial charge in [0.2, 0.25) is 0 Å². The van der Waals surface area contributed by atoms with Crippen LogP contribution in [-0.4, -0.2) is 29.4 Å². The number of nitrogens with zero attached hydrogens (tertiary/aromatic N) is 1. The Hall–Kier alpha value is -1.59. The van der Waals surface area contributed by atoms with E-state index in [-0.39, 0.29) is 11.9 Å². The minimum atomic E-state index is -0.700. The molecular weight excluding hydrogens is 270 g/mol. The van der Waals surface area contributed by atoms with Crippen LogP contribution in [0.25, 0.3) is 0 Å². The maximum absolute atomic E-state index is 11.7. The summed E-state index contributed by atoms with van der Waals surface area (Å²) in [6.45, 7) is 6.63. The van der Waals surface area contributed by atoms with Gasteiger partial charge in [-0.25, -0.2) is 10.2 Å². The number of amides is 2. The highest BCUT2D eigenvalue weighted by Gasteiger charge is 2.25. The molecule has 1 aliphatic carbocycles. The summed E-state index contributed by atoms with van der Waals surface area (Å²) in [4.78, 5) is 22.5. The van der Waals surface area contributed by atoms with Crippen LogP contribution in [0, 0.1) is 17.8 Å². The van der Waals surface area contributed by atoms with E-state index in [1.807, 2.05) is 6.92 Å². The second-order valence-electron chi connectivity index (χ2n) is 5.94. The van der Waals surface area contributed by atoms with E-state index in [0.29, 0.717) is 31.2 Å². The Balaban J connectivity index is 2.24. The molecule has 1 fully saturated rings. The van der Waals surface area contributed by atoms with Crippen molar-refractivity contribution in [2.75, 3.05) is 6.54 Å². The van der Waals surface area contributed by atoms with Gasteiger partial charge in [-0.05, 0) is 50.9 Å². The van der Waals surface area contributed by atoms with E-state index in [2.05, 4.69) is 29.7 Å². The molecule has 0 aromatic carbocycles. The number of rotatable bonds is 6. The third-order valence-electron chi connectivity index (χ3n) is 4.41. The maximum atomic E-state index is 11.7. The van der Waals surface area contributed by atoms with Crippen molar-refractivity contribution in [2.45, 2.75) is 52.9 Å². The zero-order chi connectivity index (χ0) is 15.8. The Bertz CT molecular complexity index is 388. The van der Waals surface area contributed by atoms with Crippen LogP contribution in [0.2, 0.25) is 0 Å². The minimum absolute atomic E-state index is 0.210. The number of nitrogens with one attached hydrogen (secondary N) is 2. The number of carbonyl (C=O) groups is 2. The van der Waals surface area contributed by atoms with Crippen LogP contribution in [0.15, 0.2) is 5.10 Å². The third-order valence-corrected chi connectivity index (χ3v) is 4.41. The summed E-state index contributed by atoms with van der Waals surface area (Å²) in [5.74, 6) is -0.186. The van der Waals surface area contributed by atoms with Crippen molar-refractivity contribution in [2.24, 2.45) is 22.9 Å². The predicted octanol–water partition coefficient (Wildman–Crippen LogP) is 2.60. The second kappa shape index (κ2) is 8.64. The van der Waals surface area contributed by atoms with Gasteiger partial charge < -0.3 is 10.4 Å². The first-order chi connectivity index (χ1) is 9.93. The van der Waals surface area contributed by atoms with E-state index < -0.39 is 5.97 Å². The lowest BCUT2D eigenvalue weighted by molar-refractivity contribution is -0.143. The van der Waals surface area contributed by atoms with Gasteiger partial charge in [0.15, 0.2) is 0 Å². The zero-order valence-electron chi connectivity index (χ0n) is 13.2. The number of carboxylic acid groups (broad SMARTS) is 1. The first-order valence-corrected chi connectivity index (χ1v) is 7.74. The van der Waals surface area contributed by atoms with Gasteiger partial charge in [-0.2, -0.15) is 5.10 Å². The van der Waals surface area contributed by atoms with Crippen LogP contribution < -0.4 is 10.7 Å². The summed E-state index contributed by atoms with van der Waals surface area (Å²) in [7, 11) is 0. The van der Waals surface area contributed by atoms with E-state index in [4.69, 9.17) is 5.11 Å². The Kier molecular flexibility index (Phi) is 7.19. The molecule has 0 radical (unpaired) electrons. The van der Waals surface area contributed by atoms with Gasteiger partial charge in [0.05, 0.1) is 5.92 Å².